The Morgan fingerprint density at radius 3 is 2.48 bits per heavy atom. The van der Waals surface area contributed by atoms with Gasteiger partial charge in [0.05, 0.1) is 6.61 Å². The molecule has 0 amide bonds. The van der Waals surface area contributed by atoms with Crippen molar-refractivity contribution in [2.75, 3.05) is 6.61 Å². The first-order valence-electron chi connectivity index (χ1n) is 9.77. The monoisotopic (exact) mass is 365 g/mol. The van der Waals surface area contributed by atoms with E-state index in [1.807, 2.05) is 12.1 Å². The highest BCUT2D eigenvalue weighted by Crippen LogP contribution is 2.74. The number of rotatable bonds is 3. The van der Waals surface area contributed by atoms with Gasteiger partial charge in [0, 0.05) is 16.4 Å². The zero-order valence-electron chi connectivity index (χ0n) is 15.9. The lowest BCUT2D eigenvalue weighted by atomic mass is 9.48. The maximum Gasteiger partial charge on any atom is 0.261 e. The molecular formula is C23H25O4-. The molecule has 142 valence electrons. The third kappa shape index (κ3) is 2.04. The van der Waals surface area contributed by atoms with Crippen LogP contribution in [0.15, 0.2) is 54.6 Å². The van der Waals surface area contributed by atoms with Crippen LogP contribution in [-0.4, -0.2) is 12.2 Å². The van der Waals surface area contributed by atoms with Crippen LogP contribution in [-0.2, 0) is 26.7 Å². The minimum absolute atomic E-state index is 0.0368. The van der Waals surface area contributed by atoms with Crippen molar-refractivity contribution in [2.24, 2.45) is 10.8 Å². The summed E-state index contributed by atoms with van der Waals surface area (Å²) in [4.78, 5) is 11.9. The van der Waals surface area contributed by atoms with E-state index in [1.54, 1.807) is 18.2 Å². The van der Waals surface area contributed by atoms with E-state index >= 15 is 0 Å². The van der Waals surface area contributed by atoms with Crippen molar-refractivity contribution in [1.29, 1.82) is 0 Å². The Bertz CT molecular complexity index is 864. The molecule has 3 fully saturated rings. The summed E-state index contributed by atoms with van der Waals surface area (Å²) in [5.74, 6) is -1.04. The summed E-state index contributed by atoms with van der Waals surface area (Å²) in [5.41, 5.74) is 1.10. The predicted molar refractivity (Wildman–Crippen MR) is 98.6 cm³/mol. The Morgan fingerprint density at radius 1 is 0.963 bits per heavy atom. The van der Waals surface area contributed by atoms with Crippen molar-refractivity contribution in [3.05, 3.63) is 65.7 Å². The fraction of sp³-hybridized carbons (Fsp3) is 0.478. The van der Waals surface area contributed by atoms with E-state index in [2.05, 4.69) is 38.1 Å². The van der Waals surface area contributed by atoms with Crippen LogP contribution in [0, 0.1) is 10.8 Å². The number of hydrogen-bond acceptors (Lipinski definition) is 4. The Hall–Kier alpha value is -1.88. The fourth-order valence-corrected chi connectivity index (χ4v) is 5.96. The molecule has 4 nitrogen and oxygen atoms in total. The van der Waals surface area contributed by atoms with Gasteiger partial charge in [-0.3, -0.25) is 0 Å². The summed E-state index contributed by atoms with van der Waals surface area (Å²) in [6.07, 6.45) is 4.06. The smallest absolute Gasteiger partial charge is 0.261 e. The molecule has 3 atom stereocenters. The molecule has 2 aromatic rings. The quantitative estimate of drug-likeness (QED) is 0.769. The molecule has 0 bridgehead atoms. The van der Waals surface area contributed by atoms with Gasteiger partial charge in [0.1, 0.15) is 0 Å². The molecule has 0 unspecified atom stereocenters. The minimum atomic E-state index is -1.01. The van der Waals surface area contributed by atoms with Crippen molar-refractivity contribution >= 4 is 0 Å². The molecule has 5 rings (SSSR count). The number of benzene rings is 2. The summed E-state index contributed by atoms with van der Waals surface area (Å²) < 4.78 is 6.44. The van der Waals surface area contributed by atoms with Gasteiger partial charge in [-0.05, 0) is 24.8 Å². The van der Waals surface area contributed by atoms with Crippen molar-refractivity contribution in [3.8, 4) is 5.75 Å². The van der Waals surface area contributed by atoms with Crippen molar-refractivity contribution in [1.82, 2.24) is 0 Å². The first kappa shape index (κ1) is 17.2. The molecule has 1 spiro atoms. The average molecular weight is 365 g/mol. The van der Waals surface area contributed by atoms with Crippen molar-refractivity contribution in [3.63, 3.8) is 0 Å². The van der Waals surface area contributed by atoms with Crippen molar-refractivity contribution < 1.29 is 19.6 Å². The molecule has 2 heterocycles. The van der Waals surface area contributed by atoms with Gasteiger partial charge in [0.2, 0.25) is 0 Å². The van der Waals surface area contributed by atoms with Gasteiger partial charge in [-0.25, -0.2) is 4.89 Å². The Labute approximate surface area is 160 Å². The molecule has 0 radical (unpaired) electrons. The van der Waals surface area contributed by atoms with Crippen LogP contribution in [0.25, 0.3) is 0 Å². The maximum absolute atomic E-state index is 12.1. The highest BCUT2D eigenvalue weighted by atomic mass is 17.3. The third-order valence-corrected chi connectivity index (χ3v) is 7.06. The average Bonchev–Trinajstić information content (AvgIpc) is 2.81. The molecule has 0 N–H and O–H groups in total. The van der Waals surface area contributed by atoms with Gasteiger partial charge in [-0.1, -0.05) is 74.9 Å². The van der Waals surface area contributed by atoms with Crippen LogP contribution in [0.2, 0.25) is 0 Å². The van der Waals surface area contributed by atoms with Crippen LogP contribution in [0.5, 0.6) is 5.75 Å². The number of hydrogen-bond donors (Lipinski definition) is 0. The Morgan fingerprint density at radius 2 is 1.78 bits per heavy atom. The lowest BCUT2D eigenvalue weighted by Gasteiger charge is -2.65. The first-order valence-corrected chi connectivity index (χ1v) is 9.77. The van der Waals surface area contributed by atoms with E-state index in [4.69, 9.17) is 14.5 Å². The largest absolute Gasteiger partial charge is 0.872 e. The topological polar surface area (TPSA) is 50.8 Å². The van der Waals surface area contributed by atoms with Crippen LogP contribution >= 0.6 is 0 Å². The molecular weight excluding hydrogens is 340 g/mol. The summed E-state index contributed by atoms with van der Waals surface area (Å²) in [6.45, 7) is 5.06. The first-order chi connectivity index (χ1) is 12.9. The lowest BCUT2D eigenvalue weighted by molar-refractivity contribution is -0.631. The van der Waals surface area contributed by atoms with Gasteiger partial charge < -0.3 is 9.84 Å². The summed E-state index contributed by atoms with van der Waals surface area (Å²) in [5, 5.41) is 12.1. The fourth-order valence-electron chi connectivity index (χ4n) is 5.96. The predicted octanol–water partition coefficient (Wildman–Crippen LogP) is 4.08. The van der Waals surface area contributed by atoms with Crippen LogP contribution < -0.4 is 5.11 Å². The second kappa shape index (κ2) is 5.57. The van der Waals surface area contributed by atoms with E-state index in [0.717, 1.165) is 31.2 Å². The summed E-state index contributed by atoms with van der Waals surface area (Å²) >= 11 is 0. The van der Waals surface area contributed by atoms with Crippen LogP contribution in [0.3, 0.4) is 0 Å². The summed E-state index contributed by atoms with van der Waals surface area (Å²) in [6, 6.07) is 17.4. The molecule has 4 heteroatoms. The molecule has 0 aromatic heterocycles. The van der Waals surface area contributed by atoms with Crippen LogP contribution in [0.4, 0.5) is 0 Å². The Balaban J connectivity index is 1.67. The molecule has 2 saturated heterocycles. The Kier molecular flexibility index (Phi) is 3.55. The van der Waals surface area contributed by atoms with Gasteiger partial charge >= 0.3 is 0 Å². The van der Waals surface area contributed by atoms with Crippen LogP contribution in [0.1, 0.15) is 44.2 Å². The molecule has 3 aliphatic rings. The molecule has 1 saturated carbocycles. The van der Waals surface area contributed by atoms with Gasteiger partial charge in [0.15, 0.2) is 5.60 Å². The lowest BCUT2D eigenvalue weighted by Crippen LogP contribution is -2.76. The van der Waals surface area contributed by atoms with Gasteiger partial charge in [-0.2, -0.15) is 4.89 Å². The molecule has 27 heavy (non-hydrogen) atoms. The molecule has 2 aliphatic heterocycles. The highest BCUT2D eigenvalue weighted by Gasteiger charge is 2.84. The molecule has 2 aromatic carbocycles. The van der Waals surface area contributed by atoms with E-state index in [0.29, 0.717) is 6.61 Å². The normalized spacial score (nSPS) is 36.5. The maximum atomic E-state index is 12.1. The second-order valence-corrected chi connectivity index (χ2v) is 8.96. The third-order valence-electron chi connectivity index (χ3n) is 7.06. The zero-order valence-corrected chi connectivity index (χ0v) is 15.9. The van der Waals surface area contributed by atoms with Gasteiger partial charge in [-0.15, -0.1) is 5.75 Å². The minimum Gasteiger partial charge on any atom is -0.872 e. The summed E-state index contributed by atoms with van der Waals surface area (Å²) in [7, 11) is 0. The van der Waals surface area contributed by atoms with E-state index in [1.165, 1.54) is 5.56 Å². The van der Waals surface area contributed by atoms with Gasteiger partial charge in [0.25, 0.3) is 5.79 Å². The van der Waals surface area contributed by atoms with E-state index < -0.39 is 11.4 Å². The van der Waals surface area contributed by atoms with E-state index in [9.17, 15) is 5.11 Å². The van der Waals surface area contributed by atoms with E-state index in [-0.39, 0.29) is 16.6 Å². The second-order valence-electron chi connectivity index (χ2n) is 8.96. The standard InChI is InChI=1S/C23H26O4/c1-20(2)12-7-13-21(15-17-8-4-3-5-9-17)16-25-22(23(20,21)27-26-22)18-10-6-11-19(24)14-18/h3-6,8-11,14,24H,7,12-13,15-16H2,1-2H3/p-1/t21-,22-,23-/m0/s1. The zero-order chi connectivity index (χ0) is 18.8. The SMILES string of the molecule is CC1(C)CCC[C@]2(Cc3ccccc3)CO[C@@]3(c4cccc([O-])c4)OO[C@@]123. The van der Waals surface area contributed by atoms with Crippen molar-refractivity contribution in [2.45, 2.75) is 50.9 Å². The molecule has 1 aliphatic carbocycles. The highest BCUT2D eigenvalue weighted by molar-refractivity contribution is 5.38. The number of ether oxygens (including phenoxy) is 1.